The number of rotatable bonds is 8. The van der Waals surface area contributed by atoms with Crippen molar-refractivity contribution in [3.63, 3.8) is 0 Å². The van der Waals surface area contributed by atoms with Gasteiger partial charge in [0.2, 0.25) is 0 Å². The van der Waals surface area contributed by atoms with Gasteiger partial charge in [0, 0.05) is 22.2 Å². The molecular weight excluding hydrogens is 342 g/mol. The molecule has 1 atom stereocenters. The minimum absolute atomic E-state index is 0.0383. The van der Waals surface area contributed by atoms with Crippen molar-refractivity contribution in [1.29, 1.82) is 0 Å². The van der Waals surface area contributed by atoms with Gasteiger partial charge in [-0.2, -0.15) is 0 Å². The third-order valence-electron chi connectivity index (χ3n) is 6.20. The van der Waals surface area contributed by atoms with Crippen molar-refractivity contribution in [1.82, 2.24) is 0 Å². The molecule has 0 saturated carbocycles. The summed E-state index contributed by atoms with van der Waals surface area (Å²) in [5, 5.41) is 1.66. The molecule has 144 valence electrons. The van der Waals surface area contributed by atoms with Gasteiger partial charge in [0.25, 0.3) is 0 Å². The highest BCUT2D eigenvalue weighted by molar-refractivity contribution is 6.23. The molecule has 0 spiro atoms. The second-order valence-electron chi connectivity index (χ2n) is 8.13. The van der Waals surface area contributed by atoms with Crippen LogP contribution >= 0.6 is 0 Å². The minimum Gasteiger partial charge on any atom is -0.327 e. The summed E-state index contributed by atoms with van der Waals surface area (Å²) in [6, 6.07) is 9.46. The first-order chi connectivity index (χ1) is 13.2. The van der Waals surface area contributed by atoms with Crippen molar-refractivity contribution in [2.24, 2.45) is 5.73 Å². The topological polar surface area (TPSA) is 26.0 Å². The van der Waals surface area contributed by atoms with Gasteiger partial charge in [0.05, 0.1) is 0 Å². The summed E-state index contributed by atoms with van der Waals surface area (Å²) in [6.45, 7) is 5.24. The smallest absolute Gasteiger partial charge is 0.0422 e. The van der Waals surface area contributed by atoms with Crippen LogP contribution in [0.4, 0.5) is 0 Å². The first kappa shape index (κ1) is 20.1. The maximum Gasteiger partial charge on any atom is 0.0422 e. The molecule has 3 rings (SSSR count). The van der Waals surface area contributed by atoms with E-state index in [2.05, 4.69) is 62.4 Å². The maximum atomic E-state index is 6.26. The molecule has 0 radical (unpaired) electrons. The van der Waals surface area contributed by atoms with Crippen LogP contribution in [-0.4, -0.2) is 16.8 Å². The Balaban J connectivity index is 2.08. The SMILES string of the molecule is CCCCc1ccc(C2(C3=C(CN)CC([SiH3])=C3CCC)C=CC=CC2)cc1. The number of benzene rings is 1. The minimum atomic E-state index is -0.0383. The van der Waals surface area contributed by atoms with E-state index in [1.807, 2.05) is 0 Å². The molecule has 2 N–H and O–H groups in total. The van der Waals surface area contributed by atoms with E-state index in [0.717, 1.165) is 23.1 Å². The van der Waals surface area contributed by atoms with E-state index >= 15 is 0 Å². The highest BCUT2D eigenvalue weighted by atomic mass is 28.1. The molecule has 2 aliphatic carbocycles. The van der Waals surface area contributed by atoms with Gasteiger partial charge in [0.1, 0.15) is 0 Å². The van der Waals surface area contributed by atoms with Crippen molar-refractivity contribution in [3.05, 3.63) is 81.6 Å². The summed E-state index contributed by atoms with van der Waals surface area (Å²) in [5.74, 6) is 0. The largest absolute Gasteiger partial charge is 0.327 e. The van der Waals surface area contributed by atoms with E-state index < -0.39 is 0 Å². The lowest BCUT2D eigenvalue weighted by molar-refractivity contribution is 0.624. The quantitative estimate of drug-likeness (QED) is 0.643. The molecule has 2 aliphatic rings. The lowest BCUT2D eigenvalue weighted by Crippen LogP contribution is -2.29. The lowest BCUT2D eigenvalue weighted by Gasteiger charge is -2.37. The van der Waals surface area contributed by atoms with Gasteiger partial charge in [-0.05, 0) is 60.0 Å². The zero-order chi connectivity index (χ0) is 19.3. The number of allylic oxidation sites excluding steroid dienone is 7. The molecular formula is C25H35NSi. The fourth-order valence-corrected chi connectivity index (χ4v) is 5.73. The molecule has 0 saturated heterocycles. The monoisotopic (exact) mass is 377 g/mol. The summed E-state index contributed by atoms with van der Waals surface area (Å²) in [4.78, 5) is 0. The average Bonchev–Trinajstić information content (AvgIpc) is 3.03. The van der Waals surface area contributed by atoms with Gasteiger partial charge in [-0.25, -0.2) is 0 Å². The Morgan fingerprint density at radius 1 is 1.04 bits per heavy atom. The van der Waals surface area contributed by atoms with E-state index in [9.17, 15) is 0 Å². The Labute approximate surface area is 168 Å². The zero-order valence-electron chi connectivity index (χ0n) is 17.4. The van der Waals surface area contributed by atoms with Crippen LogP contribution in [0.3, 0.4) is 0 Å². The Hall–Kier alpha value is -1.64. The van der Waals surface area contributed by atoms with E-state index in [-0.39, 0.29) is 5.41 Å². The first-order valence-electron chi connectivity index (χ1n) is 10.7. The predicted molar refractivity (Wildman–Crippen MR) is 122 cm³/mol. The number of unbranched alkanes of at least 4 members (excludes halogenated alkanes) is 1. The van der Waals surface area contributed by atoms with Crippen molar-refractivity contribution >= 4 is 10.2 Å². The molecule has 0 fully saturated rings. The Morgan fingerprint density at radius 2 is 1.81 bits per heavy atom. The molecule has 1 aromatic rings. The molecule has 0 aromatic heterocycles. The molecule has 0 amide bonds. The molecule has 27 heavy (non-hydrogen) atoms. The van der Waals surface area contributed by atoms with E-state index in [1.165, 1.54) is 48.8 Å². The van der Waals surface area contributed by atoms with Crippen molar-refractivity contribution in [3.8, 4) is 0 Å². The van der Waals surface area contributed by atoms with Crippen LogP contribution < -0.4 is 5.73 Å². The Kier molecular flexibility index (Phi) is 6.72. The fourth-order valence-electron chi connectivity index (χ4n) is 4.80. The lowest BCUT2D eigenvalue weighted by atomic mass is 9.66. The summed E-state index contributed by atoms with van der Waals surface area (Å²) < 4.78 is 0. The number of nitrogens with two attached hydrogens (primary N) is 1. The molecule has 1 nitrogen and oxygen atoms in total. The highest BCUT2D eigenvalue weighted by Crippen LogP contribution is 2.49. The average molecular weight is 378 g/mol. The van der Waals surface area contributed by atoms with Crippen molar-refractivity contribution in [2.45, 2.75) is 64.2 Å². The summed E-state index contributed by atoms with van der Waals surface area (Å²) in [7, 11) is 1.14. The van der Waals surface area contributed by atoms with Crippen LogP contribution in [0.5, 0.6) is 0 Å². The van der Waals surface area contributed by atoms with Crippen molar-refractivity contribution < 1.29 is 0 Å². The summed E-state index contributed by atoms with van der Waals surface area (Å²) in [5.41, 5.74) is 13.7. The second kappa shape index (κ2) is 9.03. The summed E-state index contributed by atoms with van der Waals surface area (Å²) in [6.07, 6.45) is 17.4. The van der Waals surface area contributed by atoms with Crippen LogP contribution in [0.2, 0.25) is 0 Å². The van der Waals surface area contributed by atoms with Crippen LogP contribution in [0.25, 0.3) is 0 Å². The van der Waals surface area contributed by atoms with Gasteiger partial charge in [-0.3, -0.25) is 0 Å². The normalized spacial score (nSPS) is 22.3. The second-order valence-corrected chi connectivity index (χ2v) is 9.34. The molecule has 0 aliphatic heterocycles. The third kappa shape index (κ3) is 3.97. The van der Waals surface area contributed by atoms with Crippen LogP contribution in [0.15, 0.2) is 70.5 Å². The molecule has 0 heterocycles. The van der Waals surface area contributed by atoms with Gasteiger partial charge in [-0.15, -0.1) is 0 Å². The fraction of sp³-hybridized carbons (Fsp3) is 0.440. The zero-order valence-corrected chi connectivity index (χ0v) is 19.4. The van der Waals surface area contributed by atoms with E-state index in [1.54, 1.807) is 16.3 Å². The Morgan fingerprint density at radius 3 is 2.41 bits per heavy atom. The van der Waals surface area contributed by atoms with Gasteiger partial charge in [0.15, 0.2) is 0 Å². The predicted octanol–water partition coefficient (Wildman–Crippen LogP) is 4.86. The van der Waals surface area contributed by atoms with Gasteiger partial charge < -0.3 is 5.73 Å². The first-order valence-corrected chi connectivity index (χ1v) is 11.7. The standard InChI is InChI=1S/C25H35NSi/c1-3-5-10-19-11-13-21(14-12-19)25(15-7-6-8-16-25)24-20(18-26)17-23(27)22(24)9-4-2/h6-8,11-15H,3-5,9-10,16-18,26H2,1-2,27H3. The highest BCUT2D eigenvalue weighted by Gasteiger charge is 2.39. The molecule has 1 unspecified atom stereocenters. The number of aryl methyl sites for hydroxylation is 1. The van der Waals surface area contributed by atoms with E-state index in [0.29, 0.717) is 6.54 Å². The number of hydrogen-bond donors (Lipinski definition) is 1. The third-order valence-corrected chi connectivity index (χ3v) is 7.15. The van der Waals surface area contributed by atoms with E-state index in [4.69, 9.17) is 5.73 Å². The van der Waals surface area contributed by atoms with Crippen LogP contribution in [0.1, 0.15) is 63.5 Å². The molecule has 1 aromatic carbocycles. The Bertz CT molecular complexity index is 779. The maximum absolute atomic E-state index is 6.26. The van der Waals surface area contributed by atoms with Gasteiger partial charge >= 0.3 is 0 Å². The number of hydrogen-bond acceptors (Lipinski definition) is 1. The van der Waals surface area contributed by atoms with Crippen LogP contribution in [0, 0.1) is 0 Å². The van der Waals surface area contributed by atoms with Gasteiger partial charge in [-0.1, -0.05) is 80.5 Å². The molecule has 2 heteroatoms. The molecule has 0 bridgehead atoms. The van der Waals surface area contributed by atoms with Crippen molar-refractivity contribution in [2.75, 3.05) is 6.54 Å². The van der Waals surface area contributed by atoms with Crippen LogP contribution in [-0.2, 0) is 11.8 Å². The summed E-state index contributed by atoms with van der Waals surface area (Å²) >= 11 is 0.